The zero-order valence-electron chi connectivity index (χ0n) is 27.4. The fraction of sp³-hybridized carbons (Fsp3) is 0.361. The van der Waals surface area contributed by atoms with Gasteiger partial charge < -0.3 is 25.8 Å². The van der Waals surface area contributed by atoms with Crippen molar-refractivity contribution in [2.24, 2.45) is 0 Å². The molecule has 0 bridgehead atoms. The number of carbonyl (C=O) groups excluding carboxylic acids is 2. The van der Waals surface area contributed by atoms with Gasteiger partial charge in [-0.05, 0) is 49.1 Å². The van der Waals surface area contributed by atoms with Crippen LogP contribution in [0.15, 0.2) is 54.6 Å². The van der Waals surface area contributed by atoms with Crippen LogP contribution in [0.5, 0.6) is 5.75 Å². The Bertz CT molecular complexity index is 1870. The molecule has 1 saturated heterocycles. The number of anilines is 1. The summed E-state index contributed by atoms with van der Waals surface area (Å²) in [5, 5.41) is 24.1. The van der Waals surface area contributed by atoms with Crippen molar-refractivity contribution in [1.82, 2.24) is 25.3 Å². The molecule has 2 atom stereocenters. The van der Waals surface area contributed by atoms with E-state index < -0.39 is 5.82 Å². The molecule has 10 nitrogen and oxygen atoms in total. The average molecular weight is 710 g/mol. The molecule has 2 aliphatic rings. The number of hydrogen-bond acceptors (Lipinski definition) is 7. The predicted octanol–water partition coefficient (Wildman–Crippen LogP) is 6.05. The SMILES string of the molecule is COc1cc(-c2cccc(-c3cccc(NC(=O)c4cc5n(n4)CCCC5N4CC[C@@H](O)C4)c3Cl)c2Cl)cc(F)c1CNCCNC(C)=O. The molecule has 1 unspecified atom stereocenters. The molecule has 3 aromatic carbocycles. The number of aryl methyl sites for hydroxylation is 1. The maximum absolute atomic E-state index is 15.4. The van der Waals surface area contributed by atoms with E-state index in [0.717, 1.165) is 38.0 Å². The second kappa shape index (κ2) is 15.3. The van der Waals surface area contributed by atoms with Gasteiger partial charge in [-0.3, -0.25) is 19.2 Å². The number of amides is 2. The summed E-state index contributed by atoms with van der Waals surface area (Å²) >= 11 is 13.9. The van der Waals surface area contributed by atoms with Crippen molar-refractivity contribution in [3.63, 3.8) is 0 Å². The van der Waals surface area contributed by atoms with Gasteiger partial charge in [-0.15, -0.1) is 0 Å². The lowest BCUT2D eigenvalue weighted by Crippen LogP contribution is -2.32. The topological polar surface area (TPSA) is 121 Å². The molecule has 258 valence electrons. The zero-order valence-corrected chi connectivity index (χ0v) is 28.9. The first kappa shape index (κ1) is 34.8. The molecule has 6 rings (SSSR count). The summed E-state index contributed by atoms with van der Waals surface area (Å²) in [7, 11) is 1.48. The molecule has 13 heteroatoms. The Morgan fingerprint density at radius 2 is 1.78 bits per heavy atom. The van der Waals surface area contributed by atoms with E-state index in [2.05, 4.69) is 25.9 Å². The number of likely N-dealkylation sites (tertiary alicyclic amines) is 1. The highest BCUT2D eigenvalue weighted by molar-refractivity contribution is 6.39. The van der Waals surface area contributed by atoms with Crippen LogP contribution in [0.4, 0.5) is 10.1 Å². The van der Waals surface area contributed by atoms with E-state index in [1.165, 1.54) is 20.1 Å². The molecule has 2 aliphatic heterocycles. The van der Waals surface area contributed by atoms with Crippen LogP contribution in [0, 0.1) is 5.82 Å². The summed E-state index contributed by atoms with van der Waals surface area (Å²) in [4.78, 5) is 26.8. The van der Waals surface area contributed by atoms with Crippen molar-refractivity contribution in [2.45, 2.75) is 51.4 Å². The van der Waals surface area contributed by atoms with Crippen molar-refractivity contribution in [2.75, 3.05) is 38.6 Å². The fourth-order valence-corrected chi connectivity index (χ4v) is 7.25. The van der Waals surface area contributed by atoms with Crippen LogP contribution in [-0.2, 0) is 17.9 Å². The number of aromatic nitrogens is 2. The third-order valence-corrected chi connectivity index (χ3v) is 9.88. The summed E-state index contributed by atoms with van der Waals surface area (Å²) < 4.78 is 22.9. The molecule has 4 N–H and O–H groups in total. The Hall–Kier alpha value is -4.00. The van der Waals surface area contributed by atoms with Crippen LogP contribution in [0.25, 0.3) is 22.3 Å². The lowest BCUT2D eigenvalue weighted by atomic mass is 9.97. The second-order valence-electron chi connectivity index (χ2n) is 12.4. The first-order valence-electron chi connectivity index (χ1n) is 16.3. The van der Waals surface area contributed by atoms with E-state index in [-0.39, 0.29) is 30.5 Å². The third kappa shape index (κ3) is 7.61. The summed E-state index contributed by atoms with van der Waals surface area (Å²) in [5.74, 6) is -0.616. The van der Waals surface area contributed by atoms with Crippen LogP contribution in [0.3, 0.4) is 0 Å². The molecule has 0 radical (unpaired) electrons. The number of aliphatic hydroxyl groups excluding tert-OH is 1. The number of hydrogen-bond donors (Lipinski definition) is 4. The zero-order chi connectivity index (χ0) is 34.7. The molecule has 3 heterocycles. The van der Waals surface area contributed by atoms with E-state index in [1.54, 1.807) is 24.3 Å². The monoisotopic (exact) mass is 708 g/mol. The minimum atomic E-state index is -0.462. The Labute approximate surface area is 294 Å². The number of nitrogens with zero attached hydrogens (tertiary/aromatic N) is 3. The summed E-state index contributed by atoms with van der Waals surface area (Å²) in [6.45, 7) is 4.71. The fourth-order valence-electron chi connectivity index (χ4n) is 6.64. The standard InChI is InChI=1S/C36H39Cl2FN6O4/c1-21(46)41-13-12-40-19-27-28(39)16-22(17-33(27)49-2)24-6-3-7-25(34(24)37)26-8-4-9-29(35(26)38)42-36(48)30-18-32-31(10-5-14-45(32)43-30)44-15-11-23(47)20-44/h3-4,6-9,16-18,23,31,40,47H,5,10-15,19-20H2,1-2H3,(H,41,46)(H,42,48)/t23-,31?/m1/s1. The normalized spacial score (nSPS) is 17.5. The van der Waals surface area contributed by atoms with Gasteiger partial charge in [-0.25, -0.2) is 4.39 Å². The maximum Gasteiger partial charge on any atom is 0.276 e. The molecule has 4 aromatic rings. The number of nitrogens with one attached hydrogen (secondary N) is 3. The van der Waals surface area contributed by atoms with Crippen LogP contribution in [-0.4, -0.2) is 71.0 Å². The number of halogens is 3. The lowest BCUT2D eigenvalue weighted by Gasteiger charge is -2.31. The number of benzene rings is 3. The highest BCUT2D eigenvalue weighted by atomic mass is 35.5. The molecule has 1 fully saturated rings. The van der Waals surface area contributed by atoms with Gasteiger partial charge in [-0.2, -0.15) is 5.10 Å². The second-order valence-corrected chi connectivity index (χ2v) is 13.1. The number of carbonyl (C=O) groups is 2. The minimum Gasteiger partial charge on any atom is -0.496 e. The van der Waals surface area contributed by atoms with Crippen molar-refractivity contribution in [1.29, 1.82) is 0 Å². The van der Waals surface area contributed by atoms with Crippen LogP contribution < -0.4 is 20.7 Å². The largest absolute Gasteiger partial charge is 0.496 e. The van der Waals surface area contributed by atoms with Gasteiger partial charge in [0.2, 0.25) is 5.91 Å². The van der Waals surface area contributed by atoms with E-state index in [1.807, 2.05) is 28.9 Å². The summed E-state index contributed by atoms with van der Waals surface area (Å²) in [6, 6.07) is 15.8. The van der Waals surface area contributed by atoms with Crippen LogP contribution >= 0.6 is 23.2 Å². The van der Waals surface area contributed by atoms with Crippen molar-refractivity contribution >= 4 is 40.7 Å². The number of aliphatic hydroxyl groups is 1. The van der Waals surface area contributed by atoms with Gasteiger partial charge in [0.25, 0.3) is 5.91 Å². The Kier molecular flexibility index (Phi) is 10.9. The number of ether oxygens (including phenoxy) is 1. The van der Waals surface area contributed by atoms with E-state index in [4.69, 9.17) is 27.9 Å². The molecule has 0 spiro atoms. The Morgan fingerprint density at radius 1 is 1.02 bits per heavy atom. The third-order valence-electron chi connectivity index (χ3n) is 9.07. The van der Waals surface area contributed by atoms with Crippen molar-refractivity contribution in [3.8, 4) is 28.0 Å². The smallest absolute Gasteiger partial charge is 0.276 e. The number of methoxy groups -OCH3 is 1. The van der Waals surface area contributed by atoms with Gasteiger partial charge in [0.1, 0.15) is 11.6 Å². The van der Waals surface area contributed by atoms with Gasteiger partial charge in [0, 0.05) is 68.4 Å². The average Bonchev–Trinajstić information content (AvgIpc) is 3.72. The summed E-state index contributed by atoms with van der Waals surface area (Å²) in [6.07, 6.45) is 2.32. The molecule has 0 aliphatic carbocycles. The van der Waals surface area contributed by atoms with E-state index >= 15 is 4.39 Å². The lowest BCUT2D eigenvalue weighted by molar-refractivity contribution is -0.118. The first-order chi connectivity index (χ1) is 23.6. The quantitative estimate of drug-likeness (QED) is 0.140. The van der Waals surface area contributed by atoms with Crippen molar-refractivity contribution in [3.05, 3.63) is 87.4 Å². The maximum atomic E-state index is 15.4. The van der Waals surface area contributed by atoms with Gasteiger partial charge in [-0.1, -0.05) is 53.5 Å². The molecular weight excluding hydrogens is 670 g/mol. The Morgan fingerprint density at radius 3 is 2.51 bits per heavy atom. The molecule has 2 amide bonds. The molecule has 49 heavy (non-hydrogen) atoms. The van der Waals surface area contributed by atoms with E-state index in [9.17, 15) is 14.7 Å². The van der Waals surface area contributed by atoms with Crippen LogP contribution in [0.2, 0.25) is 10.0 Å². The minimum absolute atomic E-state index is 0.115. The van der Waals surface area contributed by atoms with Crippen molar-refractivity contribution < 1.29 is 23.8 Å². The molecule has 0 saturated carbocycles. The number of rotatable bonds is 11. The number of β-amino-alcohol motifs (C(OH)–C–C–N with tert-alkyl or cyclic N) is 1. The van der Waals surface area contributed by atoms with Crippen LogP contribution in [0.1, 0.15) is 54.0 Å². The highest BCUT2D eigenvalue weighted by Crippen LogP contribution is 2.43. The molecular formula is C36H39Cl2FN6O4. The predicted molar refractivity (Wildman–Crippen MR) is 189 cm³/mol. The Balaban J connectivity index is 1.22. The van der Waals surface area contributed by atoms with Gasteiger partial charge in [0.05, 0.1) is 40.7 Å². The van der Waals surface area contributed by atoms with Gasteiger partial charge >= 0.3 is 0 Å². The molecule has 1 aromatic heterocycles. The summed E-state index contributed by atoms with van der Waals surface area (Å²) in [5.41, 5.74) is 4.34. The first-order valence-corrected chi connectivity index (χ1v) is 17.1. The highest BCUT2D eigenvalue weighted by Gasteiger charge is 2.33. The number of fused-ring (bicyclic) bond motifs is 1. The van der Waals surface area contributed by atoms with Gasteiger partial charge in [0.15, 0.2) is 5.69 Å². The van der Waals surface area contributed by atoms with E-state index in [0.29, 0.717) is 74.6 Å².